The third kappa shape index (κ3) is 2.29. The highest BCUT2D eigenvalue weighted by Crippen LogP contribution is 2.17. The molecule has 1 aromatic rings. The van der Waals surface area contributed by atoms with Crippen molar-refractivity contribution in [1.82, 2.24) is 9.78 Å². The van der Waals surface area contributed by atoms with Crippen molar-refractivity contribution in [3.63, 3.8) is 0 Å². The molecule has 8 heteroatoms. The summed E-state index contributed by atoms with van der Waals surface area (Å²) >= 11 is 0. The van der Waals surface area contributed by atoms with E-state index in [-0.39, 0.29) is 13.2 Å². The van der Waals surface area contributed by atoms with E-state index in [4.69, 9.17) is 9.84 Å². The molecular weight excluding hydrogens is 206 g/mol. The van der Waals surface area contributed by atoms with Gasteiger partial charge in [0.05, 0.1) is 18.1 Å². The van der Waals surface area contributed by atoms with E-state index < -0.39 is 22.3 Å². The van der Waals surface area contributed by atoms with Crippen molar-refractivity contribution in [2.75, 3.05) is 13.7 Å². The fourth-order valence-electron chi connectivity index (χ4n) is 1.08. The van der Waals surface area contributed by atoms with Crippen LogP contribution < -0.4 is 0 Å². The third-order valence-corrected chi connectivity index (χ3v) is 1.73. The zero-order valence-electron chi connectivity index (χ0n) is 7.91. The first-order valence-electron chi connectivity index (χ1n) is 4.00. The molecule has 0 bridgehead atoms. The molecule has 1 N–H and O–H groups in total. The van der Waals surface area contributed by atoms with Gasteiger partial charge in [0.1, 0.15) is 6.20 Å². The molecule has 1 rings (SSSR count). The fourth-order valence-corrected chi connectivity index (χ4v) is 1.08. The van der Waals surface area contributed by atoms with Crippen LogP contribution in [-0.4, -0.2) is 39.5 Å². The van der Waals surface area contributed by atoms with Crippen molar-refractivity contribution in [3.05, 3.63) is 22.0 Å². The summed E-state index contributed by atoms with van der Waals surface area (Å²) in [4.78, 5) is 20.5. The summed E-state index contributed by atoms with van der Waals surface area (Å²) in [6, 6.07) is 0. The Morgan fingerprint density at radius 3 is 2.93 bits per heavy atom. The molecule has 0 saturated heterocycles. The number of aromatic carboxylic acids is 1. The predicted molar refractivity (Wildman–Crippen MR) is 47.7 cm³/mol. The smallest absolute Gasteiger partial charge is 0.361 e. The van der Waals surface area contributed by atoms with Crippen molar-refractivity contribution >= 4 is 11.7 Å². The Hall–Kier alpha value is -1.96. The van der Waals surface area contributed by atoms with E-state index in [2.05, 4.69) is 5.10 Å². The Morgan fingerprint density at radius 1 is 1.80 bits per heavy atom. The highest BCUT2D eigenvalue weighted by Gasteiger charge is 2.26. The van der Waals surface area contributed by atoms with Gasteiger partial charge in [-0.05, 0) is 0 Å². The van der Waals surface area contributed by atoms with Gasteiger partial charge in [-0.15, -0.1) is 0 Å². The van der Waals surface area contributed by atoms with Gasteiger partial charge >= 0.3 is 11.7 Å². The lowest BCUT2D eigenvalue weighted by Gasteiger charge is -2.01. The van der Waals surface area contributed by atoms with E-state index >= 15 is 0 Å². The van der Waals surface area contributed by atoms with E-state index in [1.54, 1.807) is 0 Å². The van der Waals surface area contributed by atoms with Crippen LogP contribution in [0.4, 0.5) is 5.69 Å². The van der Waals surface area contributed by atoms with Crippen LogP contribution in [0.25, 0.3) is 0 Å². The largest absolute Gasteiger partial charge is 0.476 e. The molecule has 0 radical (unpaired) electrons. The lowest BCUT2D eigenvalue weighted by molar-refractivity contribution is -0.385. The summed E-state index contributed by atoms with van der Waals surface area (Å²) in [6.45, 7) is 0.394. The Morgan fingerprint density at radius 2 is 2.47 bits per heavy atom. The lowest BCUT2D eigenvalue weighted by Crippen LogP contribution is -2.14. The minimum absolute atomic E-state index is 0.159. The average molecular weight is 215 g/mol. The SMILES string of the molecule is COCCn1ncc([N+](=O)[O-])c1C(=O)O. The Bertz CT molecular complexity index is 386. The number of rotatable bonds is 5. The molecule has 15 heavy (non-hydrogen) atoms. The van der Waals surface area contributed by atoms with E-state index in [1.165, 1.54) is 7.11 Å². The second-order valence-corrected chi connectivity index (χ2v) is 2.66. The number of carbonyl (C=O) groups is 1. The zero-order chi connectivity index (χ0) is 11.4. The number of methoxy groups -OCH3 is 1. The number of carboxylic acids is 1. The quantitative estimate of drug-likeness (QED) is 0.552. The van der Waals surface area contributed by atoms with Gasteiger partial charge in [0, 0.05) is 7.11 Å². The number of carboxylic acid groups (broad SMARTS) is 1. The molecule has 0 aromatic carbocycles. The first kappa shape index (κ1) is 11.1. The van der Waals surface area contributed by atoms with Crippen LogP contribution in [0.5, 0.6) is 0 Å². The van der Waals surface area contributed by atoms with Crippen LogP contribution in [0.1, 0.15) is 10.5 Å². The number of hydrogen-bond acceptors (Lipinski definition) is 5. The summed E-state index contributed by atoms with van der Waals surface area (Å²) < 4.78 is 5.76. The lowest BCUT2D eigenvalue weighted by atomic mass is 10.4. The van der Waals surface area contributed by atoms with Crippen LogP contribution in [-0.2, 0) is 11.3 Å². The topological polar surface area (TPSA) is 107 Å². The molecule has 0 fully saturated rings. The number of hydrogen-bond donors (Lipinski definition) is 1. The molecule has 0 spiro atoms. The zero-order valence-corrected chi connectivity index (χ0v) is 7.91. The Labute approximate surface area is 84.2 Å². The highest BCUT2D eigenvalue weighted by molar-refractivity contribution is 5.90. The first-order chi connectivity index (χ1) is 7.07. The van der Waals surface area contributed by atoms with Gasteiger partial charge in [-0.2, -0.15) is 5.10 Å². The minimum atomic E-state index is -1.38. The molecule has 0 saturated carbocycles. The standard InChI is InChI=1S/C7H9N3O5/c1-15-3-2-9-6(7(11)12)5(4-8-9)10(13)14/h4H,2-3H2,1H3,(H,11,12). The van der Waals surface area contributed by atoms with Crippen LogP contribution in [0.3, 0.4) is 0 Å². The van der Waals surface area contributed by atoms with Crippen molar-refractivity contribution in [2.45, 2.75) is 6.54 Å². The third-order valence-electron chi connectivity index (χ3n) is 1.73. The molecule has 82 valence electrons. The Balaban J connectivity index is 3.06. The first-order valence-corrected chi connectivity index (χ1v) is 4.00. The van der Waals surface area contributed by atoms with Crippen molar-refractivity contribution < 1.29 is 19.6 Å². The van der Waals surface area contributed by atoms with Crippen LogP contribution in [0, 0.1) is 10.1 Å². The van der Waals surface area contributed by atoms with E-state index in [0.29, 0.717) is 0 Å². The second-order valence-electron chi connectivity index (χ2n) is 2.66. The summed E-state index contributed by atoms with van der Waals surface area (Å²) in [5.74, 6) is -1.38. The monoisotopic (exact) mass is 215 g/mol. The fraction of sp³-hybridized carbons (Fsp3) is 0.429. The highest BCUT2D eigenvalue weighted by atomic mass is 16.6. The maximum atomic E-state index is 10.8. The molecule has 0 amide bonds. The van der Waals surface area contributed by atoms with Gasteiger partial charge in [-0.1, -0.05) is 0 Å². The van der Waals surface area contributed by atoms with Gasteiger partial charge in [0.2, 0.25) is 5.69 Å². The summed E-state index contributed by atoms with van der Waals surface area (Å²) in [7, 11) is 1.44. The van der Waals surface area contributed by atoms with E-state index in [1.807, 2.05) is 0 Å². The van der Waals surface area contributed by atoms with Crippen molar-refractivity contribution in [1.29, 1.82) is 0 Å². The molecule has 1 aromatic heterocycles. The molecule has 0 aliphatic heterocycles. The second kappa shape index (κ2) is 4.51. The van der Waals surface area contributed by atoms with E-state index in [9.17, 15) is 14.9 Å². The van der Waals surface area contributed by atoms with Gasteiger partial charge in [-0.25, -0.2) is 9.48 Å². The summed E-state index contributed by atoms with van der Waals surface area (Å²) in [5, 5.41) is 22.9. The maximum absolute atomic E-state index is 10.8. The minimum Gasteiger partial charge on any atom is -0.476 e. The summed E-state index contributed by atoms with van der Waals surface area (Å²) in [6.07, 6.45) is 0.916. The number of ether oxygens (including phenoxy) is 1. The molecule has 0 aliphatic rings. The molecular formula is C7H9N3O5. The average Bonchev–Trinajstić information content (AvgIpc) is 2.58. The van der Waals surface area contributed by atoms with Crippen molar-refractivity contribution in [3.8, 4) is 0 Å². The van der Waals surface area contributed by atoms with Crippen molar-refractivity contribution in [2.24, 2.45) is 0 Å². The van der Waals surface area contributed by atoms with Gasteiger partial charge in [0.25, 0.3) is 0 Å². The molecule has 8 nitrogen and oxygen atoms in total. The normalized spacial score (nSPS) is 10.2. The van der Waals surface area contributed by atoms with Gasteiger partial charge < -0.3 is 9.84 Å². The van der Waals surface area contributed by atoms with Crippen LogP contribution >= 0.6 is 0 Å². The number of aromatic nitrogens is 2. The van der Waals surface area contributed by atoms with Gasteiger partial charge in [-0.3, -0.25) is 10.1 Å². The predicted octanol–water partition coefficient (Wildman–Crippen LogP) is 0.136. The van der Waals surface area contributed by atoms with Crippen LogP contribution in [0.15, 0.2) is 6.20 Å². The molecule has 1 heterocycles. The summed E-state index contributed by atoms with van der Waals surface area (Å²) in [5.41, 5.74) is -0.948. The number of nitrogens with zero attached hydrogens (tertiary/aromatic N) is 3. The molecule has 0 aliphatic carbocycles. The maximum Gasteiger partial charge on any atom is 0.361 e. The Kier molecular flexibility index (Phi) is 3.34. The van der Waals surface area contributed by atoms with E-state index in [0.717, 1.165) is 10.9 Å². The molecule has 0 atom stereocenters. The molecule has 0 unspecified atom stereocenters. The van der Waals surface area contributed by atoms with Crippen LogP contribution in [0.2, 0.25) is 0 Å². The number of nitro groups is 1. The van der Waals surface area contributed by atoms with Gasteiger partial charge in [0.15, 0.2) is 0 Å².